The molecule has 0 aliphatic rings. The Labute approximate surface area is 166 Å². The molecule has 0 bridgehead atoms. The van der Waals surface area contributed by atoms with Crippen molar-refractivity contribution >= 4 is 15.5 Å². The van der Waals surface area contributed by atoms with Gasteiger partial charge in [-0.05, 0) is 48.0 Å². The summed E-state index contributed by atoms with van der Waals surface area (Å²) in [6.45, 7) is 0. The Morgan fingerprint density at radius 2 is 1.90 bits per heavy atom. The normalized spacial score (nSPS) is 11.5. The molecule has 0 radical (unpaired) electrons. The average Bonchev–Trinajstić information content (AvgIpc) is 3.07. The van der Waals surface area contributed by atoms with Gasteiger partial charge in [-0.2, -0.15) is 5.26 Å². The van der Waals surface area contributed by atoms with Crippen LogP contribution in [0.5, 0.6) is 0 Å². The molecule has 4 rings (SSSR count). The van der Waals surface area contributed by atoms with Crippen LogP contribution >= 0.6 is 0 Å². The highest BCUT2D eigenvalue weighted by atomic mass is 32.2. The summed E-state index contributed by atoms with van der Waals surface area (Å²) in [6.07, 6.45) is 4.39. The van der Waals surface area contributed by atoms with Gasteiger partial charge in [-0.15, -0.1) is 0 Å². The number of nitrogens with zero attached hydrogens (tertiary/aromatic N) is 5. The third-order valence-electron chi connectivity index (χ3n) is 4.30. The van der Waals surface area contributed by atoms with Gasteiger partial charge in [-0.3, -0.25) is 4.40 Å². The van der Waals surface area contributed by atoms with Crippen LogP contribution in [-0.4, -0.2) is 34.0 Å². The fraction of sp³-hybridized carbons (Fsp3) is 0.100. The van der Waals surface area contributed by atoms with E-state index in [1.165, 1.54) is 18.3 Å². The molecule has 0 spiro atoms. The number of pyridine rings is 1. The zero-order valence-corrected chi connectivity index (χ0v) is 16.1. The van der Waals surface area contributed by atoms with E-state index in [1.54, 1.807) is 40.9 Å². The summed E-state index contributed by atoms with van der Waals surface area (Å²) >= 11 is 0. The Kier molecular flexibility index (Phi) is 4.56. The number of sulfone groups is 1. The van der Waals surface area contributed by atoms with E-state index in [9.17, 15) is 12.8 Å². The van der Waals surface area contributed by atoms with Gasteiger partial charge in [0.05, 0.1) is 29.6 Å². The van der Waals surface area contributed by atoms with Crippen molar-refractivity contribution in [3.8, 4) is 28.7 Å². The Morgan fingerprint density at radius 1 is 1.14 bits per heavy atom. The number of fused-ring (bicyclic) bond motifs is 1. The van der Waals surface area contributed by atoms with Crippen molar-refractivity contribution in [3.05, 3.63) is 66.2 Å². The summed E-state index contributed by atoms with van der Waals surface area (Å²) in [5, 5.41) is 8.66. The molecule has 4 aromatic rings. The molecule has 0 amide bonds. The van der Waals surface area contributed by atoms with Crippen LogP contribution in [0.4, 0.5) is 4.39 Å². The second kappa shape index (κ2) is 7.07. The maximum absolute atomic E-state index is 13.4. The van der Waals surface area contributed by atoms with E-state index in [4.69, 9.17) is 5.26 Å². The highest BCUT2D eigenvalue weighted by Crippen LogP contribution is 2.32. The number of halogens is 1. The van der Waals surface area contributed by atoms with Crippen molar-refractivity contribution in [2.45, 2.75) is 11.6 Å². The minimum absolute atomic E-state index is 0.232. The lowest BCUT2D eigenvalue weighted by atomic mass is 10.1. The summed E-state index contributed by atoms with van der Waals surface area (Å²) < 4.78 is 39.0. The smallest absolute Gasteiger partial charge is 0.247 e. The molecule has 144 valence electrons. The Hall–Kier alpha value is -3.64. The van der Waals surface area contributed by atoms with Crippen LogP contribution in [0.1, 0.15) is 5.56 Å². The van der Waals surface area contributed by atoms with Crippen LogP contribution in [0.25, 0.3) is 28.3 Å². The first-order chi connectivity index (χ1) is 13.9. The van der Waals surface area contributed by atoms with Gasteiger partial charge >= 0.3 is 0 Å². The van der Waals surface area contributed by atoms with Crippen molar-refractivity contribution in [2.24, 2.45) is 0 Å². The van der Waals surface area contributed by atoms with Crippen LogP contribution in [0, 0.1) is 17.1 Å². The lowest BCUT2D eigenvalue weighted by Crippen LogP contribution is -2.05. The van der Waals surface area contributed by atoms with Crippen molar-refractivity contribution < 1.29 is 12.8 Å². The third-order valence-corrected chi connectivity index (χ3v) is 5.16. The molecule has 0 aliphatic heterocycles. The summed E-state index contributed by atoms with van der Waals surface area (Å²) in [4.78, 5) is 12.7. The van der Waals surface area contributed by atoms with Crippen molar-refractivity contribution in [3.63, 3.8) is 0 Å². The van der Waals surface area contributed by atoms with E-state index < -0.39 is 9.84 Å². The zero-order chi connectivity index (χ0) is 20.6. The SMILES string of the molecule is CS(=O)(=O)c1nccc(-c2c(-c3ccc(F)cc3)nc3cc(CC#N)ccn23)n1. The van der Waals surface area contributed by atoms with Crippen molar-refractivity contribution in [2.75, 3.05) is 6.26 Å². The first-order valence-corrected chi connectivity index (χ1v) is 10.4. The minimum Gasteiger partial charge on any atom is -0.298 e. The van der Waals surface area contributed by atoms with E-state index in [0.717, 1.165) is 11.8 Å². The van der Waals surface area contributed by atoms with Crippen LogP contribution in [0.2, 0.25) is 0 Å². The van der Waals surface area contributed by atoms with Gasteiger partial charge in [0.25, 0.3) is 0 Å². The second-order valence-electron chi connectivity index (χ2n) is 6.41. The van der Waals surface area contributed by atoms with E-state index in [2.05, 4.69) is 21.0 Å². The molecule has 3 heterocycles. The molecule has 0 atom stereocenters. The molecule has 0 aliphatic carbocycles. The number of rotatable bonds is 4. The van der Waals surface area contributed by atoms with E-state index in [1.807, 2.05) is 0 Å². The molecule has 0 N–H and O–H groups in total. The molecule has 9 heteroatoms. The Balaban J connectivity index is 2.02. The highest BCUT2D eigenvalue weighted by Gasteiger charge is 2.20. The Morgan fingerprint density at radius 3 is 2.59 bits per heavy atom. The molecule has 1 aromatic carbocycles. The minimum atomic E-state index is -3.60. The highest BCUT2D eigenvalue weighted by molar-refractivity contribution is 7.90. The summed E-state index contributed by atoms with van der Waals surface area (Å²) in [6, 6.07) is 13.1. The maximum Gasteiger partial charge on any atom is 0.247 e. The summed E-state index contributed by atoms with van der Waals surface area (Å²) in [5.74, 6) is -0.378. The molecular weight excluding hydrogens is 393 g/mol. The largest absolute Gasteiger partial charge is 0.298 e. The molecule has 0 saturated heterocycles. The number of hydrogen-bond acceptors (Lipinski definition) is 6. The van der Waals surface area contributed by atoms with Gasteiger partial charge in [0.1, 0.15) is 11.5 Å². The predicted molar refractivity (Wildman–Crippen MR) is 104 cm³/mol. The van der Waals surface area contributed by atoms with Crippen molar-refractivity contribution in [1.29, 1.82) is 5.26 Å². The number of hydrogen-bond donors (Lipinski definition) is 0. The predicted octanol–water partition coefficient (Wildman–Crippen LogP) is 3.07. The number of imidazole rings is 1. The molecule has 7 nitrogen and oxygen atoms in total. The lowest BCUT2D eigenvalue weighted by molar-refractivity contribution is 0.593. The fourth-order valence-corrected chi connectivity index (χ4v) is 3.51. The van der Waals surface area contributed by atoms with Gasteiger partial charge in [0.2, 0.25) is 15.0 Å². The first kappa shape index (κ1) is 18.7. The molecular formula is C20H14FN5O2S. The summed E-state index contributed by atoms with van der Waals surface area (Å²) in [7, 11) is -3.60. The van der Waals surface area contributed by atoms with E-state index in [-0.39, 0.29) is 17.4 Å². The van der Waals surface area contributed by atoms with Gasteiger partial charge < -0.3 is 0 Å². The van der Waals surface area contributed by atoms with Crippen LogP contribution in [-0.2, 0) is 16.3 Å². The van der Waals surface area contributed by atoms with Crippen LogP contribution in [0.15, 0.2) is 60.0 Å². The Bertz CT molecular complexity index is 1370. The second-order valence-corrected chi connectivity index (χ2v) is 8.32. The van der Waals surface area contributed by atoms with Crippen LogP contribution < -0.4 is 0 Å². The van der Waals surface area contributed by atoms with Gasteiger partial charge in [-0.25, -0.2) is 27.8 Å². The topological polar surface area (TPSA) is 101 Å². The molecule has 0 fully saturated rings. The average molecular weight is 407 g/mol. The quantitative estimate of drug-likeness (QED) is 0.482. The first-order valence-electron chi connectivity index (χ1n) is 8.54. The number of aromatic nitrogens is 4. The monoisotopic (exact) mass is 407 g/mol. The third kappa shape index (κ3) is 3.58. The standard InChI is InChI=1S/C20H14FN5O2S/c1-29(27,28)20-23-10-7-16(24-20)19-18(14-2-4-15(21)5-3-14)25-17-12-13(6-9-22)8-11-26(17)19/h2-5,7-8,10-12H,6H2,1H3. The van der Waals surface area contributed by atoms with Crippen LogP contribution in [0.3, 0.4) is 0 Å². The zero-order valence-electron chi connectivity index (χ0n) is 15.2. The molecule has 29 heavy (non-hydrogen) atoms. The van der Waals surface area contributed by atoms with E-state index >= 15 is 0 Å². The van der Waals surface area contributed by atoms with Gasteiger partial charge in [0, 0.05) is 24.2 Å². The fourth-order valence-electron chi connectivity index (χ4n) is 2.99. The van der Waals surface area contributed by atoms with Gasteiger partial charge in [0.15, 0.2) is 0 Å². The molecule has 0 saturated carbocycles. The van der Waals surface area contributed by atoms with Gasteiger partial charge in [-0.1, -0.05) is 0 Å². The summed E-state index contributed by atoms with van der Waals surface area (Å²) in [5.41, 5.74) is 3.42. The number of nitriles is 1. The molecule has 3 aromatic heterocycles. The number of benzene rings is 1. The molecule has 0 unspecified atom stereocenters. The lowest BCUT2D eigenvalue weighted by Gasteiger charge is -2.07. The maximum atomic E-state index is 13.4. The van der Waals surface area contributed by atoms with E-state index in [0.29, 0.717) is 28.3 Å². The van der Waals surface area contributed by atoms with Crippen molar-refractivity contribution in [1.82, 2.24) is 19.4 Å².